The number of rotatable bonds is 4. The van der Waals surface area contributed by atoms with Crippen LogP contribution in [-0.4, -0.2) is 43.2 Å². The lowest BCUT2D eigenvalue weighted by Crippen LogP contribution is -2.63. The Morgan fingerprint density at radius 1 is 1.12 bits per heavy atom. The van der Waals surface area contributed by atoms with Gasteiger partial charge in [-0.2, -0.15) is 0 Å². The Balaban J connectivity index is 1.88. The Hall–Kier alpha value is -3.10. The van der Waals surface area contributed by atoms with Crippen molar-refractivity contribution in [2.45, 2.75) is 65.3 Å². The average Bonchev–Trinajstić information content (AvgIpc) is 3.28. The molecule has 184 valence electrons. The van der Waals surface area contributed by atoms with Crippen LogP contribution >= 0.6 is 0 Å². The van der Waals surface area contributed by atoms with E-state index in [1.165, 1.54) is 39.6 Å². The lowest BCUT2D eigenvalue weighted by Gasteiger charge is -2.61. The van der Waals surface area contributed by atoms with Gasteiger partial charge in [-0.3, -0.25) is 14.4 Å². The molecule has 0 spiro atoms. The van der Waals surface area contributed by atoms with Gasteiger partial charge in [-0.1, -0.05) is 13.8 Å². The minimum absolute atomic E-state index is 0.346. The van der Waals surface area contributed by atoms with Crippen LogP contribution in [0.5, 0.6) is 0 Å². The summed E-state index contributed by atoms with van der Waals surface area (Å²) < 4.78 is 27.4. The molecule has 2 fully saturated rings. The molecule has 1 aromatic heterocycles. The van der Waals surface area contributed by atoms with Crippen molar-refractivity contribution in [3.63, 3.8) is 0 Å². The van der Waals surface area contributed by atoms with Crippen molar-refractivity contribution < 1.29 is 42.5 Å². The maximum absolute atomic E-state index is 13.2. The number of ether oxygens (including phenoxy) is 4. The summed E-state index contributed by atoms with van der Waals surface area (Å²) >= 11 is 0. The zero-order valence-corrected chi connectivity index (χ0v) is 20.0. The highest BCUT2D eigenvalue weighted by Crippen LogP contribution is 2.65. The molecule has 0 N–H and O–H groups in total. The SMILES string of the molecule is COC(=O)C1=C[C@H](OC(C)=O)[C@H](OC(C)=O)[C@H]2C1(C)CC[C@H]1C(=O)O[C@H](c3ccoc3)C[C@@]12C. The molecule has 3 aliphatic rings. The number of furan rings is 1. The van der Waals surface area contributed by atoms with Crippen molar-refractivity contribution in [3.05, 3.63) is 35.8 Å². The summed E-state index contributed by atoms with van der Waals surface area (Å²) in [5, 5.41) is 0. The number of hydrogen-bond donors (Lipinski definition) is 0. The van der Waals surface area contributed by atoms with Crippen LogP contribution < -0.4 is 0 Å². The summed E-state index contributed by atoms with van der Waals surface area (Å²) in [6, 6.07) is 1.75. The number of hydrogen-bond acceptors (Lipinski definition) is 9. The van der Waals surface area contributed by atoms with Gasteiger partial charge in [0.2, 0.25) is 0 Å². The van der Waals surface area contributed by atoms with Gasteiger partial charge in [-0.15, -0.1) is 0 Å². The summed E-state index contributed by atoms with van der Waals surface area (Å²) in [6.07, 6.45) is 3.49. The number of fused-ring (bicyclic) bond motifs is 3. The summed E-state index contributed by atoms with van der Waals surface area (Å²) in [4.78, 5) is 50.3. The fourth-order valence-electron chi connectivity index (χ4n) is 6.55. The Bertz CT molecular complexity index is 1030. The third-order valence-corrected chi connectivity index (χ3v) is 7.84. The molecule has 7 atom stereocenters. The van der Waals surface area contributed by atoms with E-state index in [4.69, 9.17) is 23.4 Å². The topological polar surface area (TPSA) is 118 Å². The van der Waals surface area contributed by atoms with E-state index in [1.807, 2.05) is 13.8 Å². The first-order valence-corrected chi connectivity index (χ1v) is 11.4. The van der Waals surface area contributed by atoms with E-state index in [-0.39, 0.29) is 5.97 Å². The second kappa shape index (κ2) is 8.60. The monoisotopic (exact) mass is 474 g/mol. The molecule has 1 unspecified atom stereocenters. The summed E-state index contributed by atoms with van der Waals surface area (Å²) in [5.74, 6) is -3.03. The molecule has 2 aliphatic carbocycles. The van der Waals surface area contributed by atoms with Crippen LogP contribution in [0, 0.1) is 22.7 Å². The summed E-state index contributed by atoms with van der Waals surface area (Å²) in [6.45, 7) is 6.43. The van der Waals surface area contributed by atoms with Crippen molar-refractivity contribution in [3.8, 4) is 0 Å². The molecule has 1 saturated heterocycles. The molecule has 9 nitrogen and oxygen atoms in total. The van der Waals surface area contributed by atoms with Crippen molar-refractivity contribution in [1.82, 2.24) is 0 Å². The van der Waals surface area contributed by atoms with Crippen LogP contribution in [0.1, 0.15) is 58.6 Å². The Kier molecular flexibility index (Phi) is 6.08. The molecule has 1 aromatic rings. The summed E-state index contributed by atoms with van der Waals surface area (Å²) in [5.41, 5.74) is -0.474. The highest BCUT2D eigenvalue weighted by molar-refractivity contribution is 5.91. The largest absolute Gasteiger partial charge is 0.472 e. The van der Waals surface area contributed by atoms with Gasteiger partial charge in [0.1, 0.15) is 12.2 Å². The standard InChI is InChI=1S/C25H30O9/c1-13(26)32-18-10-17(22(28)30-5)24(3)8-6-16-23(29)34-19(15-7-9-31-12-15)11-25(16,4)21(24)20(18)33-14(2)27/h7,9-10,12,16,18-21H,6,8,11H2,1-5H3/t16-,18-,19-,20-,21-,24?,25-/m0/s1. The third-order valence-electron chi connectivity index (χ3n) is 7.84. The van der Waals surface area contributed by atoms with Crippen LogP contribution in [0.15, 0.2) is 34.7 Å². The molecular weight excluding hydrogens is 444 g/mol. The average molecular weight is 475 g/mol. The fourth-order valence-corrected chi connectivity index (χ4v) is 6.55. The number of esters is 4. The van der Waals surface area contributed by atoms with Gasteiger partial charge in [0.05, 0.1) is 25.6 Å². The minimum Gasteiger partial charge on any atom is -0.472 e. The first-order chi connectivity index (χ1) is 16.0. The normalized spacial score (nSPS) is 36.8. The van der Waals surface area contributed by atoms with E-state index in [2.05, 4.69) is 0 Å². The Labute approximate surface area is 197 Å². The lowest BCUT2D eigenvalue weighted by atomic mass is 9.44. The predicted molar refractivity (Wildman–Crippen MR) is 116 cm³/mol. The number of carbonyl (C=O) groups is 4. The van der Waals surface area contributed by atoms with Crippen LogP contribution in [0.3, 0.4) is 0 Å². The van der Waals surface area contributed by atoms with Crippen LogP contribution in [0.25, 0.3) is 0 Å². The van der Waals surface area contributed by atoms with Crippen LogP contribution in [-0.2, 0) is 38.1 Å². The molecular formula is C25H30O9. The van der Waals surface area contributed by atoms with E-state index in [0.717, 1.165) is 5.56 Å². The maximum atomic E-state index is 13.2. The third kappa shape index (κ3) is 3.80. The van der Waals surface area contributed by atoms with Gasteiger partial charge in [-0.05, 0) is 36.8 Å². The van der Waals surface area contributed by atoms with E-state index in [9.17, 15) is 19.2 Å². The van der Waals surface area contributed by atoms with Crippen LogP contribution in [0.4, 0.5) is 0 Å². The molecule has 0 amide bonds. The summed E-state index contributed by atoms with van der Waals surface area (Å²) in [7, 11) is 1.29. The second-order valence-corrected chi connectivity index (χ2v) is 9.90. The van der Waals surface area contributed by atoms with Gasteiger partial charge >= 0.3 is 23.9 Å². The van der Waals surface area contributed by atoms with E-state index in [1.54, 1.807) is 6.07 Å². The molecule has 1 aliphatic heterocycles. The molecule has 0 radical (unpaired) electrons. The second-order valence-electron chi connectivity index (χ2n) is 9.90. The lowest BCUT2D eigenvalue weighted by molar-refractivity contribution is -0.216. The van der Waals surface area contributed by atoms with Crippen molar-refractivity contribution in [2.75, 3.05) is 7.11 Å². The van der Waals surface area contributed by atoms with Crippen molar-refractivity contribution in [2.24, 2.45) is 22.7 Å². The number of carbonyl (C=O) groups excluding carboxylic acids is 4. The zero-order valence-electron chi connectivity index (χ0n) is 20.0. The highest BCUT2D eigenvalue weighted by atomic mass is 16.6. The number of methoxy groups -OCH3 is 1. The first kappa shape index (κ1) is 24.0. The molecule has 0 bridgehead atoms. The zero-order chi connectivity index (χ0) is 24.8. The van der Waals surface area contributed by atoms with Gasteiger partial charge in [0, 0.05) is 36.3 Å². The molecule has 4 rings (SSSR count). The first-order valence-electron chi connectivity index (χ1n) is 11.4. The predicted octanol–water partition coefficient (Wildman–Crippen LogP) is 3.28. The molecule has 0 aromatic carbocycles. The van der Waals surface area contributed by atoms with Gasteiger partial charge in [-0.25, -0.2) is 4.79 Å². The van der Waals surface area contributed by atoms with Crippen molar-refractivity contribution >= 4 is 23.9 Å². The highest BCUT2D eigenvalue weighted by Gasteiger charge is 2.66. The molecule has 9 heteroatoms. The van der Waals surface area contributed by atoms with Gasteiger partial charge in [0.15, 0.2) is 6.10 Å². The van der Waals surface area contributed by atoms with E-state index >= 15 is 0 Å². The van der Waals surface area contributed by atoms with E-state index in [0.29, 0.717) is 24.8 Å². The molecule has 2 heterocycles. The fraction of sp³-hybridized carbons (Fsp3) is 0.600. The molecule has 34 heavy (non-hydrogen) atoms. The van der Waals surface area contributed by atoms with Crippen molar-refractivity contribution in [1.29, 1.82) is 0 Å². The maximum Gasteiger partial charge on any atom is 0.334 e. The van der Waals surface area contributed by atoms with E-state index < -0.39 is 58.9 Å². The van der Waals surface area contributed by atoms with Crippen LogP contribution in [0.2, 0.25) is 0 Å². The number of cyclic esters (lactones) is 1. The molecule has 1 saturated carbocycles. The minimum atomic E-state index is -1.01. The Morgan fingerprint density at radius 2 is 1.82 bits per heavy atom. The smallest absolute Gasteiger partial charge is 0.334 e. The quantitative estimate of drug-likeness (QED) is 0.478. The van der Waals surface area contributed by atoms with Gasteiger partial charge < -0.3 is 23.4 Å². The Morgan fingerprint density at radius 3 is 2.41 bits per heavy atom. The van der Waals surface area contributed by atoms with Gasteiger partial charge in [0.25, 0.3) is 0 Å².